The van der Waals surface area contributed by atoms with Crippen molar-refractivity contribution in [1.82, 2.24) is 14.9 Å². The number of ether oxygens (including phenoxy) is 2. The Bertz CT molecular complexity index is 1570. The van der Waals surface area contributed by atoms with E-state index in [-0.39, 0.29) is 24.1 Å². The van der Waals surface area contributed by atoms with Gasteiger partial charge in [-0.1, -0.05) is 17.4 Å². The van der Waals surface area contributed by atoms with Crippen LogP contribution in [-0.4, -0.2) is 53.4 Å². The van der Waals surface area contributed by atoms with Gasteiger partial charge in [0.2, 0.25) is 17.7 Å². The molecule has 0 aliphatic carbocycles. The summed E-state index contributed by atoms with van der Waals surface area (Å²) in [4.78, 5) is 39.2. The van der Waals surface area contributed by atoms with Crippen molar-refractivity contribution in [3.05, 3.63) is 71.0 Å². The van der Waals surface area contributed by atoms with Gasteiger partial charge in [-0.25, -0.2) is 14.4 Å². The van der Waals surface area contributed by atoms with Crippen LogP contribution < -0.4 is 14.4 Å². The van der Waals surface area contributed by atoms with E-state index < -0.39 is 5.41 Å². The summed E-state index contributed by atoms with van der Waals surface area (Å²) >= 11 is 1.37. The fourth-order valence-electron chi connectivity index (χ4n) is 5.35. The van der Waals surface area contributed by atoms with E-state index in [2.05, 4.69) is 9.97 Å². The minimum atomic E-state index is -0.402. The molecule has 0 radical (unpaired) electrons. The molecule has 2 aromatic carbocycles. The fourth-order valence-corrected chi connectivity index (χ4v) is 6.27. The van der Waals surface area contributed by atoms with Crippen molar-refractivity contribution in [2.24, 2.45) is 0 Å². The van der Waals surface area contributed by atoms with Crippen LogP contribution in [0.15, 0.2) is 54.6 Å². The number of amides is 2. The van der Waals surface area contributed by atoms with Crippen LogP contribution in [0.3, 0.4) is 0 Å². The topological polar surface area (TPSA) is 84.9 Å². The number of rotatable bonds is 5. The van der Waals surface area contributed by atoms with Gasteiger partial charge in [0.25, 0.3) is 0 Å². The maximum atomic E-state index is 13.7. The molecule has 0 bridgehead atoms. The Labute approximate surface area is 222 Å². The second kappa shape index (κ2) is 9.36. The van der Waals surface area contributed by atoms with Crippen molar-refractivity contribution in [2.45, 2.75) is 25.2 Å². The molecule has 2 aliphatic heterocycles. The normalized spacial score (nSPS) is 18.3. The summed E-state index contributed by atoms with van der Waals surface area (Å²) in [6.07, 6.45) is 0.870. The third-order valence-corrected chi connectivity index (χ3v) is 8.17. The molecule has 1 unspecified atom stereocenters. The first-order valence-corrected chi connectivity index (χ1v) is 13.1. The van der Waals surface area contributed by atoms with Gasteiger partial charge in [-0.15, -0.1) is 0 Å². The summed E-state index contributed by atoms with van der Waals surface area (Å²) in [7, 11) is 1.56. The molecule has 6 rings (SSSR count). The summed E-state index contributed by atoms with van der Waals surface area (Å²) in [5.74, 6) is 1.00. The van der Waals surface area contributed by atoms with Gasteiger partial charge < -0.3 is 19.3 Å². The zero-order chi connectivity index (χ0) is 26.4. The molecular formula is C28H25FN4O4S. The van der Waals surface area contributed by atoms with Gasteiger partial charge in [0.05, 0.1) is 13.5 Å². The highest BCUT2D eigenvalue weighted by atomic mass is 32.1. The van der Waals surface area contributed by atoms with Crippen LogP contribution in [0.25, 0.3) is 10.3 Å². The maximum absolute atomic E-state index is 13.7. The molecule has 38 heavy (non-hydrogen) atoms. The van der Waals surface area contributed by atoms with Gasteiger partial charge in [-0.3, -0.25) is 9.59 Å². The first-order chi connectivity index (χ1) is 18.3. The molecule has 0 saturated carbocycles. The predicted octanol–water partition coefficient (Wildman–Crippen LogP) is 4.71. The van der Waals surface area contributed by atoms with E-state index in [1.54, 1.807) is 43.2 Å². The first-order valence-electron chi connectivity index (χ1n) is 12.3. The lowest BCUT2D eigenvalue weighted by molar-refractivity contribution is -0.127. The lowest BCUT2D eigenvalue weighted by atomic mass is 9.81. The van der Waals surface area contributed by atoms with Crippen LogP contribution in [-0.2, 0) is 21.4 Å². The van der Waals surface area contributed by atoms with Crippen LogP contribution in [0.4, 0.5) is 10.1 Å². The van der Waals surface area contributed by atoms with Crippen molar-refractivity contribution < 1.29 is 23.5 Å². The smallest absolute Gasteiger partial charge is 0.233 e. The molecule has 2 aliphatic rings. The maximum Gasteiger partial charge on any atom is 0.233 e. The standard InChI is InChI=1S/C28H25FN4O4S/c1-17(34)32-11-10-28(15-32)16-33(26(35)14-25-30-22-7-9-24(36-2)31-27(22)38-25)23-8-6-20(13-21(23)28)37-19-5-3-4-18(29)12-19/h3-9,12-13H,10-11,14-16H2,1-2H3. The predicted molar refractivity (Wildman–Crippen MR) is 141 cm³/mol. The molecule has 1 atom stereocenters. The van der Waals surface area contributed by atoms with E-state index in [4.69, 9.17) is 9.47 Å². The number of hydrogen-bond acceptors (Lipinski definition) is 7. The van der Waals surface area contributed by atoms with E-state index in [1.807, 2.05) is 23.1 Å². The first kappa shape index (κ1) is 24.3. The Morgan fingerprint density at radius 1 is 1.08 bits per heavy atom. The third-order valence-electron chi connectivity index (χ3n) is 7.21. The van der Waals surface area contributed by atoms with Crippen LogP contribution in [0.2, 0.25) is 0 Å². The number of halogens is 1. The van der Waals surface area contributed by atoms with E-state index in [9.17, 15) is 14.0 Å². The monoisotopic (exact) mass is 532 g/mol. The number of carbonyl (C=O) groups is 2. The summed E-state index contributed by atoms with van der Waals surface area (Å²) in [6.45, 7) is 3.17. The lowest BCUT2D eigenvalue weighted by Crippen LogP contribution is -2.40. The molecule has 4 heterocycles. The summed E-state index contributed by atoms with van der Waals surface area (Å²) < 4.78 is 24.9. The van der Waals surface area contributed by atoms with Gasteiger partial charge >= 0.3 is 0 Å². The average molecular weight is 533 g/mol. The van der Waals surface area contributed by atoms with Crippen molar-refractivity contribution in [1.29, 1.82) is 0 Å². The second-order valence-electron chi connectivity index (χ2n) is 9.65. The number of benzene rings is 2. The highest BCUT2D eigenvalue weighted by Gasteiger charge is 2.49. The van der Waals surface area contributed by atoms with Crippen molar-refractivity contribution in [2.75, 3.05) is 31.6 Å². The van der Waals surface area contributed by atoms with E-state index in [0.29, 0.717) is 42.0 Å². The van der Waals surface area contributed by atoms with Gasteiger partial charge in [-0.2, -0.15) is 0 Å². The highest BCUT2D eigenvalue weighted by Crippen LogP contribution is 2.48. The summed E-state index contributed by atoms with van der Waals surface area (Å²) in [5, 5.41) is 0.677. The molecule has 1 saturated heterocycles. The number of likely N-dealkylation sites (tertiary alicyclic amines) is 1. The van der Waals surface area contributed by atoms with E-state index >= 15 is 0 Å². The number of methoxy groups -OCH3 is 1. The minimum Gasteiger partial charge on any atom is -0.481 e. The molecule has 2 aromatic heterocycles. The molecule has 4 aromatic rings. The SMILES string of the molecule is COc1ccc2nc(CC(=O)N3CC4(CCN(C(C)=O)C4)c4cc(Oc5cccc(F)c5)ccc43)sc2n1. The molecule has 8 nitrogen and oxygen atoms in total. The molecule has 194 valence electrons. The van der Waals surface area contributed by atoms with E-state index in [0.717, 1.165) is 28.0 Å². The van der Waals surface area contributed by atoms with Crippen LogP contribution in [0.5, 0.6) is 17.4 Å². The average Bonchev–Trinajstić information content (AvgIpc) is 3.59. The molecule has 1 spiro atoms. The number of anilines is 1. The Morgan fingerprint density at radius 2 is 1.92 bits per heavy atom. The van der Waals surface area contributed by atoms with Crippen molar-refractivity contribution in [3.63, 3.8) is 0 Å². The molecule has 10 heteroatoms. The zero-order valence-corrected chi connectivity index (χ0v) is 21.8. The summed E-state index contributed by atoms with van der Waals surface area (Å²) in [6, 6.07) is 15.1. The van der Waals surface area contributed by atoms with Crippen LogP contribution in [0.1, 0.15) is 23.9 Å². The number of aromatic nitrogens is 2. The Balaban J connectivity index is 1.31. The Kier molecular flexibility index (Phi) is 5.98. The quantitative estimate of drug-likeness (QED) is 0.370. The number of pyridine rings is 1. The van der Waals surface area contributed by atoms with Crippen LogP contribution >= 0.6 is 11.3 Å². The van der Waals surface area contributed by atoms with Gasteiger partial charge in [0, 0.05) is 49.8 Å². The minimum absolute atomic E-state index is 0.0118. The van der Waals surface area contributed by atoms with Crippen molar-refractivity contribution in [3.8, 4) is 17.4 Å². The lowest BCUT2D eigenvalue weighted by Gasteiger charge is -2.25. The molecule has 1 fully saturated rings. The second-order valence-corrected chi connectivity index (χ2v) is 10.7. The number of nitrogens with zero attached hydrogens (tertiary/aromatic N) is 4. The number of fused-ring (bicyclic) bond motifs is 3. The van der Waals surface area contributed by atoms with Crippen molar-refractivity contribution >= 4 is 39.2 Å². The van der Waals surface area contributed by atoms with E-state index in [1.165, 1.54) is 23.5 Å². The number of thiazole rings is 1. The van der Waals surface area contributed by atoms with Gasteiger partial charge in [0.15, 0.2) is 0 Å². The largest absolute Gasteiger partial charge is 0.481 e. The number of carbonyl (C=O) groups excluding carboxylic acids is 2. The number of hydrogen-bond donors (Lipinski definition) is 0. The molecule has 2 amide bonds. The summed E-state index contributed by atoms with van der Waals surface area (Å²) in [5.41, 5.74) is 2.08. The fraction of sp³-hybridized carbons (Fsp3) is 0.286. The Hall–Kier alpha value is -4.05. The third kappa shape index (κ3) is 4.34. The van der Waals surface area contributed by atoms with Gasteiger partial charge in [-0.05, 0) is 48.4 Å². The molecule has 0 N–H and O–H groups in total. The highest BCUT2D eigenvalue weighted by molar-refractivity contribution is 7.18. The van der Waals surface area contributed by atoms with Gasteiger partial charge in [0.1, 0.15) is 32.7 Å². The zero-order valence-electron chi connectivity index (χ0n) is 20.9. The van der Waals surface area contributed by atoms with Crippen LogP contribution in [0, 0.1) is 5.82 Å². The Morgan fingerprint density at radius 3 is 2.68 bits per heavy atom. The molecular weight excluding hydrogens is 507 g/mol.